The lowest BCUT2D eigenvalue weighted by atomic mass is 9.99. The van der Waals surface area contributed by atoms with Crippen molar-refractivity contribution in [2.24, 2.45) is 0 Å². The highest BCUT2D eigenvalue weighted by Crippen LogP contribution is 2.34. The fourth-order valence-electron chi connectivity index (χ4n) is 10.00. The number of rotatable bonds is 12. The highest BCUT2D eigenvalue weighted by atomic mass is 16.2. The van der Waals surface area contributed by atoms with Crippen LogP contribution in [0.1, 0.15) is 80.1 Å². The third kappa shape index (κ3) is 8.21. The van der Waals surface area contributed by atoms with Crippen molar-refractivity contribution in [3.63, 3.8) is 0 Å². The Labute approximate surface area is 346 Å². The molecule has 10 nitrogen and oxygen atoms in total. The van der Waals surface area contributed by atoms with Gasteiger partial charge >= 0.3 is 0 Å². The second-order valence-corrected chi connectivity index (χ2v) is 16.8. The highest BCUT2D eigenvalue weighted by Gasteiger charge is 2.41. The summed E-state index contributed by atoms with van der Waals surface area (Å²) < 4.78 is 0. The number of nitrogens with one attached hydrogen (secondary N) is 2. The zero-order valence-electron chi connectivity index (χ0n) is 33.7. The van der Waals surface area contributed by atoms with Crippen LogP contribution in [0, 0.1) is 0 Å². The van der Waals surface area contributed by atoms with Gasteiger partial charge in [-0.1, -0.05) is 78.9 Å². The number of benzene rings is 4. The van der Waals surface area contributed by atoms with Gasteiger partial charge in [0, 0.05) is 41.8 Å². The molecule has 0 aliphatic carbocycles. The molecule has 5 heterocycles. The summed E-state index contributed by atoms with van der Waals surface area (Å²) in [4.78, 5) is 67.6. The molecule has 4 saturated heterocycles. The van der Waals surface area contributed by atoms with Gasteiger partial charge in [-0.2, -0.15) is 0 Å². The number of ketones is 1. The number of amides is 3. The number of likely N-dealkylation sites (tertiary alicyclic amines) is 4. The van der Waals surface area contributed by atoms with Crippen LogP contribution < -0.4 is 5.32 Å². The van der Waals surface area contributed by atoms with Gasteiger partial charge in [-0.05, 0) is 130 Å². The summed E-state index contributed by atoms with van der Waals surface area (Å²) in [6, 6.07) is 34.3. The number of fused-ring (bicyclic) bond motifs is 1. The molecule has 0 bridgehead atoms. The second kappa shape index (κ2) is 17.3. The largest absolute Gasteiger partial charge is 0.355 e. The van der Waals surface area contributed by atoms with Crippen LogP contribution in [0.25, 0.3) is 22.2 Å². The summed E-state index contributed by atoms with van der Waals surface area (Å²) in [5.41, 5.74) is 6.47. The van der Waals surface area contributed by atoms with Crippen LogP contribution in [0.2, 0.25) is 0 Å². The van der Waals surface area contributed by atoms with Crippen LogP contribution in [-0.2, 0) is 25.6 Å². The predicted octanol–water partition coefficient (Wildman–Crippen LogP) is 7.54. The number of anilines is 1. The molecule has 10 heteroatoms. The van der Waals surface area contributed by atoms with Crippen LogP contribution >= 0.6 is 0 Å². The molecule has 4 fully saturated rings. The quantitative estimate of drug-likeness (QED) is 0.135. The van der Waals surface area contributed by atoms with Crippen LogP contribution in [-0.4, -0.2) is 99.4 Å². The first-order valence-electron chi connectivity index (χ1n) is 21.7. The van der Waals surface area contributed by atoms with Crippen molar-refractivity contribution in [3.8, 4) is 11.3 Å². The Morgan fingerprint density at radius 2 is 1.14 bits per heavy atom. The molecule has 1 aromatic heterocycles. The van der Waals surface area contributed by atoms with Gasteiger partial charge in [-0.15, -0.1) is 0 Å². The molecule has 0 radical (unpaired) electrons. The maximum Gasteiger partial charge on any atom is 0.247 e. The minimum Gasteiger partial charge on any atom is -0.355 e. The Bertz CT molecular complexity index is 2280. The van der Waals surface area contributed by atoms with E-state index in [4.69, 9.17) is 0 Å². The van der Waals surface area contributed by atoms with Crippen LogP contribution in [0.15, 0.2) is 109 Å². The number of hydrogen-bond donors (Lipinski definition) is 2. The molecular weight excluding hydrogens is 737 g/mol. The average molecular weight is 791 g/mol. The highest BCUT2D eigenvalue weighted by molar-refractivity contribution is 5.99. The van der Waals surface area contributed by atoms with E-state index in [1.165, 1.54) is 0 Å². The minimum atomic E-state index is -0.510. The van der Waals surface area contributed by atoms with E-state index in [1.807, 2.05) is 102 Å². The molecule has 4 aromatic carbocycles. The molecule has 0 unspecified atom stereocenters. The lowest BCUT2D eigenvalue weighted by Crippen LogP contribution is -2.48. The number of aromatic amines is 1. The maximum atomic E-state index is 14.2. The monoisotopic (exact) mass is 790 g/mol. The number of carbonyl (C=O) groups excluding carboxylic acids is 4. The third-order valence-corrected chi connectivity index (χ3v) is 13.0. The molecule has 0 spiro atoms. The van der Waals surface area contributed by atoms with Gasteiger partial charge in [-0.3, -0.25) is 29.0 Å². The molecule has 2 N–H and O–H groups in total. The van der Waals surface area contributed by atoms with E-state index in [9.17, 15) is 19.2 Å². The SMILES string of the molecule is O=C(Cc1ccc2[nH]c(-c3ccc(NC(=O)[C@@H]4CCCN4C(=O)[C@@H](c4ccccc4)N4CCCC4)cc3)cc2c1)[C@@H]1CCCN1C(=O)[C@@H](c1ccccc1)N1CCCC1. The molecular formula is C49H54N6O4. The summed E-state index contributed by atoms with van der Waals surface area (Å²) >= 11 is 0. The molecule has 5 aromatic rings. The summed E-state index contributed by atoms with van der Waals surface area (Å²) in [6.07, 6.45) is 7.58. The predicted molar refractivity (Wildman–Crippen MR) is 231 cm³/mol. The van der Waals surface area contributed by atoms with Crippen LogP contribution in [0.3, 0.4) is 0 Å². The van der Waals surface area contributed by atoms with Gasteiger partial charge < -0.3 is 20.1 Å². The zero-order valence-corrected chi connectivity index (χ0v) is 33.7. The fourth-order valence-corrected chi connectivity index (χ4v) is 10.00. The van der Waals surface area contributed by atoms with Crippen molar-refractivity contribution in [1.82, 2.24) is 24.6 Å². The van der Waals surface area contributed by atoms with E-state index in [-0.39, 0.29) is 42.0 Å². The van der Waals surface area contributed by atoms with E-state index >= 15 is 0 Å². The minimum absolute atomic E-state index is 0.0120. The number of Topliss-reactive ketones (excluding diaryl/α,β-unsaturated/α-hetero) is 1. The zero-order chi connectivity index (χ0) is 40.3. The van der Waals surface area contributed by atoms with E-state index in [1.54, 1.807) is 4.90 Å². The molecule has 9 rings (SSSR count). The summed E-state index contributed by atoms with van der Waals surface area (Å²) in [7, 11) is 0. The maximum absolute atomic E-state index is 14.2. The smallest absolute Gasteiger partial charge is 0.247 e. The first-order chi connectivity index (χ1) is 28.9. The van der Waals surface area contributed by atoms with Gasteiger partial charge in [0.25, 0.3) is 0 Å². The van der Waals surface area contributed by atoms with Crippen molar-refractivity contribution < 1.29 is 19.2 Å². The molecule has 3 amide bonds. The van der Waals surface area contributed by atoms with Crippen molar-refractivity contribution >= 4 is 40.1 Å². The Balaban J connectivity index is 0.843. The van der Waals surface area contributed by atoms with Crippen molar-refractivity contribution in [2.45, 2.75) is 82.0 Å². The first kappa shape index (κ1) is 38.9. The lowest BCUT2D eigenvalue weighted by Gasteiger charge is -2.33. The summed E-state index contributed by atoms with van der Waals surface area (Å²) in [5.74, 6) is -0.00885. The van der Waals surface area contributed by atoms with Gasteiger partial charge in [0.2, 0.25) is 17.7 Å². The number of H-pyrrole nitrogens is 1. The lowest BCUT2D eigenvalue weighted by molar-refractivity contribution is -0.142. The van der Waals surface area contributed by atoms with Crippen molar-refractivity contribution in [1.29, 1.82) is 0 Å². The molecule has 4 aliphatic heterocycles. The molecule has 59 heavy (non-hydrogen) atoms. The first-order valence-corrected chi connectivity index (χ1v) is 21.7. The number of carbonyl (C=O) groups is 4. The van der Waals surface area contributed by atoms with Crippen LogP contribution in [0.5, 0.6) is 0 Å². The van der Waals surface area contributed by atoms with Gasteiger partial charge in [0.05, 0.1) is 6.04 Å². The third-order valence-electron chi connectivity index (χ3n) is 13.0. The standard InChI is InChI=1S/C49H54N6O4/c56-44(42-17-11-29-54(42)48(58)45(52-25-7-8-26-52)36-13-3-1-4-14-36)32-34-19-24-40-38(31-34)33-41(51-40)35-20-22-39(23-21-35)50-47(57)43-18-12-30-55(43)49(59)46(53-27-9-10-28-53)37-15-5-2-6-16-37/h1-6,13-16,19-24,31,33,42-43,45-46,51H,7-12,17-18,25-30,32H2,(H,50,57)/t42-,43-,45+,46+/m0/s1. The van der Waals surface area contributed by atoms with E-state index in [0.717, 1.165) is 104 Å². The van der Waals surface area contributed by atoms with E-state index < -0.39 is 12.1 Å². The Hall–Kier alpha value is -5.58. The number of nitrogens with zero attached hydrogens (tertiary/aromatic N) is 4. The summed E-state index contributed by atoms with van der Waals surface area (Å²) in [5, 5.41) is 4.10. The average Bonchev–Trinajstić information content (AvgIpc) is 4.12. The second-order valence-electron chi connectivity index (χ2n) is 16.8. The van der Waals surface area contributed by atoms with E-state index in [0.29, 0.717) is 31.6 Å². The van der Waals surface area contributed by atoms with Gasteiger partial charge in [0.1, 0.15) is 18.1 Å². The molecule has 304 valence electrons. The Kier molecular flexibility index (Phi) is 11.4. The summed E-state index contributed by atoms with van der Waals surface area (Å²) in [6.45, 7) is 4.76. The van der Waals surface area contributed by atoms with Crippen LogP contribution in [0.4, 0.5) is 5.69 Å². The normalized spacial score (nSPS) is 20.9. The molecule has 4 atom stereocenters. The fraction of sp³-hybridized carbons (Fsp3) is 0.388. The molecule has 0 saturated carbocycles. The van der Waals surface area contributed by atoms with Gasteiger partial charge in [-0.25, -0.2) is 0 Å². The topological polar surface area (TPSA) is 109 Å². The number of aromatic nitrogens is 1. The Morgan fingerprint density at radius 1 is 0.593 bits per heavy atom. The van der Waals surface area contributed by atoms with Crippen molar-refractivity contribution in [3.05, 3.63) is 126 Å². The van der Waals surface area contributed by atoms with Crippen molar-refractivity contribution in [2.75, 3.05) is 44.6 Å². The number of hydrogen-bond acceptors (Lipinski definition) is 6. The van der Waals surface area contributed by atoms with E-state index in [2.05, 4.69) is 32.2 Å². The Morgan fingerprint density at radius 3 is 1.71 bits per heavy atom. The van der Waals surface area contributed by atoms with Gasteiger partial charge in [0.15, 0.2) is 5.78 Å². The molecule has 4 aliphatic rings.